The summed E-state index contributed by atoms with van der Waals surface area (Å²) in [5, 5.41) is 16.8. The van der Waals surface area contributed by atoms with Crippen LogP contribution >= 0.6 is 0 Å². The lowest BCUT2D eigenvalue weighted by molar-refractivity contribution is -0.119. The van der Waals surface area contributed by atoms with E-state index in [9.17, 15) is 19.5 Å². The van der Waals surface area contributed by atoms with Crippen LogP contribution in [0.5, 0.6) is 5.75 Å². The van der Waals surface area contributed by atoms with Crippen LogP contribution in [-0.4, -0.2) is 29.5 Å². The van der Waals surface area contributed by atoms with E-state index in [1.165, 1.54) is 19.1 Å². The number of carbonyl (C=O) groups excluding carboxylic acids is 3. The van der Waals surface area contributed by atoms with E-state index >= 15 is 0 Å². The molecule has 3 aromatic carbocycles. The van der Waals surface area contributed by atoms with Gasteiger partial charge in [0.1, 0.15) is 11.3 Å². The van der Waals surface area contributed by atoms with Crippen molar-refractivity contribution in [3.63, 3.8) is 0 Å². The molecule has 28 heavy (non-hydrogen) atoms. The molecule has 0 radical (unpaired) electrons. The summed E-state index contributed by atoms with van der Waals surface area (Å²) in [6.45, 7) is 0.899. The van der Waals surface area contributed by atoms with Crippen molar-refractivity contribution in [1.29, 1.82) is 0 Å². The molecule has 3 N–H and O–H groups in total. The fourth-order valence-electron chi connectivity index (χ4n) is 2.64. The van der Waals surface area contributed by atoms with Crippen molar-refractivity contribution in [3.05, 3.63) is 66.2 Å². The minimum absolute atomic E-state index is 0.00819. The number of hydrogen-bond donors (Lipinski definition) is 3. The standard InChI is InChI=1S/C21H18N2O5/c1-13(24)22-16-6-8-17(9-7-16)23-20(26)12-28-21(27)18-10-14-4-2-3-5-15(14)11-19(18)25/h2-11,25H,12H2,1H3,(H,22,24)(H,23,26). The summed E-state index contributed by atoms with van der Waals surface area (Å²) in [5.41, 5.74) is 1.08. The fraction of sp³-hybridized carbons (Fsp3) is 0.0952. The molecule has 0 aromatic heterocycles. The van der Waals surface area contributed by atoms with Gasteiger partial charge in [-0.2, -0.15) is 0 Å². The maximum atomic E-state index is 12.2. The van der Waals surface area contributed by atoms with Crippen molar-refractivity contribution < 1.29 is 24.2 Å². The maximum Gasteiger partial charge on any atom is 0.342 e. The van der Waals surface area contributed by atoms with Gasteiger partial charge >= 0.3 is 5.97 Å². The highest BCUT2D eigenvalue weighted by Crippen LogP contribution is 2.25. The fourth-order valence-corrected chi connectivity index (χ4v) is 2.64. The van der Waals surface area contributed by atoms with Gasteiger partial charge in [0.25, 0.3) is 5.91 Å². The van der Waals surface area contributed by atoms with Crippen molar-refractivity contribution in [2.24, 2.45) is 0 Å². The Morgan fingerprint density at radius 1 is 0.893 bits per heavy atom. The van der Waals surface area contributed by atoms with Gasteiger partial charge in [-0.1, -0.05) is 24.3 Å². The minimum Gasteiger partial charge on any atom is -0.507 e. The number of hydrogen-bond acceptors (Lipinski definition) is 5. The molecule has 0 heterocycles. The molecule has 7 heteroatoms. The number of benzene rings is 3. The van der Waals surface area contributed by atoms with E-state index < -0.39 is 18.5 Å². The topological polar surface area (TPSA) is 105 Å². The molecule has 3 aromatic rings. The van der Waals surface area contributed by atoms with Gasteiger partial charge in [0.2, 0.25) is 5.91 Å². The van der Waals surface area contributed by atoms with Gasteiger partial charge in [0.15, 0.2) is 6.61 Å². The normalized spacial score (nSPS) is 10.3. The van der Waals surface area contributed by atoms with Gasteiger partial charge < -0.3 is 20.5 Å². The Morgan fingerprint density at radius 2 is 1.46 bits per heavy atom. The minimum atomic E-state index is -0.792. The second-order valence-corrected chi connectivity index (χ2v) is 6.10. The summed E-state index contributed by atoms with van der Waals surface area (Å²) in [6.07, 6.45) is 0. The molecule has 0 atom stereocenters. The van der Waals surface area contributed by atoms with Gasteiger partial charge in [-0.25, -0.2) is 4.79 Å². The molecule has 0 saturated carbocycles. The number of fused-ring (bicyclic) bond motifs is 1. The first-order chi connectivity index (χ1) is 13.4. The Hall–Kier alpha value is -3.87. The van der Waals surface area contributed by atoms with Crippen molar-refractivity contribution in [2.45, 2.75) is 6.92 Å². The van der Waals surface area contributed by atoms with Crippen LogP contribution < -0.4 is 10.6 Å². The van der Waals surface area contributed by atoms with E-state index in [1.807, 2.05) is 24.3 Å². The van der Waals surface area contributed by atoms with Crippen LogP contribution in [0.25, 0.3) is 10.8 Å². The lowest BCUT2D eigenvalue weighted by atomic mass is 10.1. The highest BCUT2D eigenvalue weighted by atomic mass is 16.5. The highest BCUT2D eigenvalue weighted by Gasteiger charge is 2.15. The first-order valence-electron chi connectivity index (χ1n) is 8.49. The molecule has 0 saturated heterocycles. The zero-order chi connectivity index (χ0) is 20.1. The van der Waals surface area contributed by atoms with E-state index in [0.29, 0.717) is 11.4 Å². The molecule has 0 aliphatic heterocycles. The lowest BCUT2D eigenvalue weighted by Crippen LogP contribution is -2.21. The summed E-state index contributed by atoms with van der Waals surface area (Å²) in [6, 6.07) is 16.8. The number of amides is 2. The number of carbonyl (C=O) groups is 3. The van der Waals surface area contributed by atoms with Crippen LogP contribution in [0.3, 0.4) is 0 Å². The van der Waals surface area contributed by atoms with Crippen LogP contribution in [0.15, 0.2) is 60.7 Å². The molecule has 0 unspecified atom stereocenters. The third-order valence-corrected chi connectivity index (χ3v) is 3.91. The van der Waals surface area contributed by atoms with Crippen molar-refractivity contribution in [3.8, 4) is 5.75 Å². The zero-order valence-corrected chi connectivity index (χ0v) is 15.1. The third-order valence-electron chi connectivity index (χ3n) is 3.91. The van der Waals surface area contributed by atoms with Crippen molar-refractivity contribution in [2.75, 3.05) is 17.2 Å². The van der Waals surface area contributed by atoms with Crippen LogP contribution in [0.4, 0.5) is 11.4 Å². The van der Waals surface area contributed by atoms with E-state index in [0.717, 1.165) is 10.8 Å². The van der Waals surface area contributed by atoms with E-state index in [2.05, 4.69) is 10.6 Å². The number of nitrogens with one attached hydrogen (secondary N) is 2. The van der Waals surface area contributed by atoms with Gasteiger partial charge in [-0.05, 0) is 47.2 Å². The van der Waals surface area contributed by atoms with Crippen molar-refractivity contribution in [1.82, 2.24) is 0 Å². The zero-order valence-electron chi connectivity index (χ0n) is 15.1. The molecule has 142 valence electrons. The van der Waals surface area contributed by atoms with Gasteiger partial charge in [0, 0.05) is 18.3 Å². The Balaban J connectivity index is 1.59. The predicted molar refractivity (Wildman–Crippen MR) is 105 cm³/mol. The summed E-state index contributed by atoms with van der Waals surface area (Å²) in [4.78, 5) is 35.2. The van der Waals surface area contributed by atoms with Crippen LogP contribution in [0, 0.1) is 0 Å². The average Bonchev–Trinajstić information content (AvgIpc) is 2.66. The van der Waals surface area contributed by atoms with E-state index in [1.54, 1.807) is 24.3 Å². The second-order valence-electron chi connectivity index (χ2n) is 6.10. The SMILES string of the molecule is CC(=O)Nc1ccc(NC(=O)COC(=O)c2cc3ccccc3cc2O)cc1. The Morgan fingerprint density at radius 3 is 2.07 bits per heavy atom. The molecular weight excluding hydrogens is 360 g/mol. The van der Waals surface area contributed by atoms with Crippen LogP contribution in [-0.2, 0) is 14.3 Å². The van der Waals surface area contributed by atoms with E-state index in [4.69, 9.17) is 4.74 Å². The molecule has 0 aliphatic carbocycles. The molecule has 2 amide bonds. The molecule has 0 aliphatic rings. The monoisotopic (exact) mass is 378 g/mol. The first-order valence-corrected chi connectivity index (χ1v) is 8.49. The molecule has 0 fully saturated rings. The number of aromatic hydroxyl groups is 1. The summed E-state index contributed by atoms with van der Waals surface area (Å²) in [7, 11) is 0. The Labute approximate surface area is 160 Å². The van der Waals surface area contributed by atoms with E-state index in [-0.39, 0.29) is 17.2 Å². The second kappa shape index (κ2) is 8.22. The number of rotatable bonds is 5. The maximum absolute atomic E-state index is 12.2. The molecular formula is C21H18N2O5. The number of ether oxygens (including phenoxy) is 1. The number of esters is 1. The summed E-state index contributed by atoms with van der Waals surface area (Å²) >= 11 is 0. The molecule has 0 spiro atoms. The van der Waals surface area contributed by atoms with Gasteiger partial charge in [0.05, 0.1) is 0 Å². The van der Waals surface area contributed by atoms with Crippen LogP contribution in [0.1, 0.15) is 17.3 Å². The average molecular weight is 378 g/mol. The highest BCUT2D eigenvalue weighted by molar-refractivity contribution is 6.00. The number of phenolic OH excluding ortho intramolecular Hbond substituents is 1. The van der Waals surface area contributed by atoms with Gasteiger partial charge in [-0.3, -0.25) is 9.59 Å². The quantitative estimate of drug-likeness (QED) is 0.591. The molecule has 3 rings (SSSR count). The number of anilines is 2. The molecule has 7 nitrogen and oxygen atoms in total. The number of phenols is 1. The summed E-state index contributed by atoms with van der Waals surface area (Å²) < 4.78 is 5.00. The molecule has 0 bridgehead atoms. The van der Waals surface area contributed by atoms with Crippen LogP contribution in [0.2, 0.25) is 0 Å². The first kappa shape index (κ1) is 18.9. The lowest BCUT2D eigenvalue weighted by Gasteiger charge is -2.09. The largest absolute Gasteiger partial charge is 0.507 e. The Bertz CT molecular complexity index is 1040. The van der Waals surface area contributed by atoms with Gasteiger partial charge in [-0.15, -0.1) is 0 Å². The predicted octanol–water partition coefficient (Wildman–Crippen LogP) is 3.30. The summed E-state index contributed by atoms with van der Waals surface area (Å²) in [5.74, 6) is -1.72. The third kappa shape index (κ3) is 4.64. The van der Waals surface area contributed by atoms with Crippen molar-refractivity contribution >= 4 is 39.9 Å². The smallest absolute Gasteiger partial charge is 0.342 e. The Kier molecular flexibility index (Phi) is 5.55.